The van der Waals surface area contributed by atoms with E-state index in [0.29, 0.717) is 17.4 Å². The van der Waals surface area contributed by atoms with Crippen LogP contribution in [-0.4, -0.2) is 24.2 Å². The molecular weight excluding hydrogens is 298 g/mol. The first kappa shape index (κ1) is 17.3. The van der Waals surface area contributed by atoms with Crippen LogP contribution in [-0.2, 0) is 17.6 Å². The summed E-state index contributed by atoms with van der Waals surface area (Å²) < 4.78 is 0. The largest absolute Gasteiger partial charge is 0.481 e. The Bertz CT molecular complexity index is 510. The lowest BCUT2D eigenvalue weighted by atomic mass is 9.85. The Morgan fingerprint density at radius 2 is 2.09 bits per heavy atom. The van der Waals surface area contributed by atoms with E-state index in [1.165, 1.54) is 5.56 Å². The maximum atomic E-state index is 11.6. The average Bonchev–Trinajstić information content (AvgIpc) is 2.95. The van der Waals surface area contributed by atoms with Crippen molar-refractivity contribution in [3.05, 3.63) is 34.3 Å². The molecule has 0 aromatic heterocycles. The third-order valence-corrected chi connectivity index (χ3v) is 4.69. The van der Waals surface area contributed by atoms with Crippen LogP contribution in [0, 0.1) is 17.8 Å². The summed E-state index contributed by atoms with van der Waals surface area (Å²) in [6.45, 7) is 6.14. The van der Waals surface area contributed by atoms with Gasteiger partial charge in [-0.2, -0.15) is 0 Å². The Morgan fingerprint density at radius 3 is 2.68 bits per heavy atom. The molecule has 122 valence electrons. The van der Waals surface area contributed by atoms with Crippen LogP contribution in [0.25, 0.3) is 0 Å². The van der Waals surface area contributed by atoms with Crippen molar-refractivity contribution in [2.75, 3.05) is 13.1 Å². The minimum atomic E-state index is -0.697. The summed E-state index contributed by atoms with van der Waals surface area (Å²) in [6, 6.07) is 6.05. The van der Waals surface area contributed by atoms with Crippen LogP contribution >= 0.6 is 11.6 Å². The van der Waals surface area contributed by atoms with Crippen molar-refractivity contribution >= 4 is 17.6 Å². The number of rotatable bonds is 7. The Balaban J connectivity index is 2.10. The fourth-order valence-electron chi connectivity index (χ4n) is 3.16. The molecule has 22 heavy (non-hydrogen) atoms. The molecule has 1 aliphatic heterocycles. The van der Waals surface area contributed by atoms with Crippen LogP contribution in [0.15, 0.2) is 18.2 Å². The van der Waals surface area contributed by atoms with Gasteiger partial charge in [-0.25, -0.2) is 0 Å². The molecule has 0 bridgehead atoms. The molecule has 1 aliphatic rings. The maximum Gasteiger partial charge on any atom is 0.307 e. The zero-order valence-electron chi connectivity index (χ0n) is 13.4. The Morgan fingerprint density at radius 1 is 1.36 bits per heavy atom. The molecule has 2 atom stereocenters. The van der Waals surface area contributed by atoms with Crippen molar-refractivity contribution < 1.29 is 9.90 Å². The van der Waals surface area contributed by atoms with Gasteiger partial charge in [0.15, 0.2) is 0 Å². The van der Waals surface area contributed by atoms with Crippen molar-refractivity contribution in [1.29, 1.82) is 0 Å². The zero-order chi connectivity index (χ0) is 16.1. The molecule has 2 rings (SSSR count). The van der Waals surface area contributed by atoms with Gasteiger partial charge in [-0.05, 0) is 73.9 Å². The van der Waals surface area contributed by atoms with E-state index < -0.39 is 5.97 Å². The molecular formula is C18H26ClNO2. The first-order valence-corrected chi connectivity index (χ1v) is 8.55. The molecule has 0 aliphatic carbocycles. The zero-order valence-corrected chi connectivity index (χ0v) is 14.2. The monoisotopic (exact) mass is 323 g/mol. The summed E-state index contributed by atoms with van der Waals surface area (Å²) >= 11 is 6.23. The number of nitrogens with one attached hydrogen (secondary N) is 1. The SMILES string of the molecule is CC(C)CCc1cc(Cl)cc(CC(C(=O)O)C2CCNC2)c1. The Labute approximate surface area is 138 Å². The number of aliphatic carboxylic acids is 1. The van der Waals surface area contributed by atoms with E-state index >= 15 is 0 Å². The van der Waals surface area contributed by atoms with Gasteiger partial charge >= 0.3 is 5.97 Å². The number of carboxylic acids is 1. The molecule has 1 saturated heterocycles. The number of hydrogen-bond acceptors (Lipinski definition) is 2. The molecule has 3 nitrogen and oxygen atoms in total. The number of aryl methyl sites for hydroxylation is 1. The Kier molecular flexibility index (Phi) is 6.27. The fraction of sp³-hybridized carbons (Fsp3) is 0.611. The molecule has 1 fully saturated rings. The normalized spacial score (nSPS) is 19.5. The molecule has 1 aromatic rings. The summed E-state index contributed by atoms with van der Waals surface area (Å²) in [5.41, 5.74) is 2.26. The van der Waals surface area contributed by atoms with E-state index in [2.05, 4.69) is 25.2 Å². The fourth-order valence-corrected chi connectivity index (χ4v) is 3.45. The minimum absolute atomic E-state index is 0.218. The summed E-state index contributed by atoms with van der Waals surface area (Å²) in [7, 11) is 0. The van der Waals surface area contributed by atoms with E-state index in [4.69, 9.17) is 11.6 Å². The lowest BCUT2D eigenvalue weighted by molar-refractivity contribution is -0.143. The molecule has 0 spiro atoms. The number of carbonyl (C=O) groups is 1. The van der Waals surface area contributed by atoms with Gasteiger partial charge < -0.3 is 10.4 Å². The van der Waals surface area contributed by atoms with Crippen LogP contribution in [0.3, 0.4) is 0 Å². The van der Waals surface area contributed by atoms with Crippen molar-refractivity contribution in [3.63, 3.8) is 0 Å². The van der Waals surface area contributed by atoms with Crippen LogP contribution < -0.4 is 5.32 Å². The molecule has 1 heterocycles. The number of benzene rings is 1. The van der Waals surface area contributed by atoms with Gasteiger partial charge in [0, 0.05) is 5.02 Å². The molecule has 0 saturated carbocycles. The number of halogens is 1. The van der Waals surface area contributed by atoms with Crippen molar-refractivity contribution in [2.45, 2.75) is 39.5 Å². The highest BCUT2D eigenvalue weighted by molar-refractivity contribution is 6.30. The second-order valence-electron chi connectivity index (χ2n) is 6.80. The smallest absolute Gasteiger partial charge is 0.307 e. The van der Waals surface area contributed by atoms with Crippen LogP contribution in [0.2, 0.25) is 5.02 Å². The van der Waals surface area contributed by atoms with Crippen LogP contribution in [0.4, 0.5) is 0 Å². The van der Waals surface area contributed by atoms with Crippen LogP contribution in [0.1, 0.15) is 37.8 Å². The third-order valence-electron chi connectivity index (χ3n) is 4.47. The van der Waals surface area contributed by atoms with Gasteiger partial charge in [-0.3, -0.25) is 4.79 Å². The highest BCUT2D eigenvalue weighted by Gasteiger charge is 2.30. The van der Waals surface area contributed by atoms with E-state index in [1.54, 1.807) is 0 Å². The molecule has 0 amide bonds. The molecule has 2 N–H and O–H groups in total. The summed E-state index contributed by atoms with van der Waals surface area (Å²) in [4.78, 5) is 11.6. The standard InChI is InChI=1S/C18H26ClNO2/c1-12(2)3-4-13-7-14(9-16(19)8-13)10-17(18(21)22)15-5-6-20-11-15/h7-9,12,15,17,20H,3-6,10-11H2,1-2H3,(H,21,22). The van der Waals surface area contributed by atoms with E-state index in [-0.39, 0.29) is 11.8 Å². The molecule has 1 aromatic carbocycles. The number of hydrogen-bond donors (Lipinski definition) is 2. The van der Waals surface area contributed by atoms with Gasteiger partial charge in [0.2, 0.25) is 0 Å². The summed E-state index contributed by atoms with van der Waals surface area (Å²) in [6.07, 6.45) is 3.62. The molecule has 4 heteroatoms. The average molecular weight is 324 g/mol. The summed E-state index contributed by atoms with van der Waals surface area (Å²) in [5, 5.41) is 13.5. The van der Waals surface area contributed by atoms with E-state index in [1.807, 2.05) is 12.1 Å². The van der Waals surface area contributed by atoms with Gasteiger partial charge in [0.1, 0.15) is 0 Å². The molecule has 0 radical (unpaired) electrons. The lowest BCUT2D eigenvalue weighted by Crippen LogP contribution is -2.27. The maximum absolute atomic E-state index is 11.6. The third kappa shape index (κ3) is 4.99. The lowest BCUT2D eigenvalue weighted by Gasteiger charge is -2.19. The van der Waals surface area contributed by atoms with Gasteiger partial charge in [-0.1, -0.05) is 31.5 Å². The first-order chi connectivity index (χ1) is 10.5. The van der Waals surface area contributed by atoms with Crippen LogP contribution in [0.5, 0.6) is 0 Å². The molecule has 2 unspecified atom stereocenters. The first-order valence-electron chi connectivity index (χ1n) is 8.17. The highest BCUT2D eigenvalue weighted by atomic mass is 35.5. The van der Waals surface area contributed by atoms with Crippen molar-refractivity contribution in [2.24, 2.45) is 17.8 Å². The number of carboxylic acid groups (broad SMARTS) is 1. The second-order valence-corrected chi connectivity index (χ2v) is 7.24. The van der Waals surface area contributed by atoms with Crippen molar-refractivity contribution in [3.8, 4) is 0 Å². The highest BCUT2D eigenvalue weighted by Crippen LogP contribution is 2.26. The van der Waals surface area contributed by atoms with Gasteiger partial charge in [0.25, 0.3) is 0 Å². The summed E-state index contributed by atoms with van der Waals surface area (Å²) in [5.74, 6) is -0.154. The predicted molar refractivity (Wildman–Crippen MR) is 90.4 cm³/mol. The van der Waals surface area contributed by atoms with Gasteiger partial charge in [-0.15, -0.1) is 0 Å². The van der Waals surface area contributed by atoms with E-state index in [9.17, 15) is 9.90 Å². The second kappa shape index (κ2) is 7.98. The topological polar surface area (TPSA) is 49.3 Å². The predicted octanol–water partition coefficient (Wildman–Crippen LogP) is 3.78. The van der Waals surface area contributed by atoms with E-state index in [0.717, 1.165) is 37.9 Å². The minimum Gasteiger partial charge on any atom is -0.481 e. The van der Waals surface area contributed by atoms with Gasteiger partial charge in [0.05, 0.1) is 5.92 Å². The Hall–Kier alpha value is -1.06. The quantitative estimate of drug-likeness (QED) is 0.802. The van der Waals surface area contributed by atoms with Crippen molar-refractivity contribution in [1.82, 2.24) is 5.32 Å².